The van der Waals surface area contributed by atoms with Crippen molar-refractivity contribution >= 4 is 17.5 Å². The third-order valence-corrected chi connectivity index (χ3v) is 1.71. The molecule has 1 aromatic carbocycles. The highest BCUT2D eigenvalue weighted by atomic mass is 16.5. The average molecular weight is 223 g/mol. The maximum absolute atomic E-state index is 10.6. The molecule has 1 aromatic rings. The standard InChI is InChI=1S/C10H13N3O3/c11-9(14)5-13-7-3-1-2-4-8(7)16-6-10(12)15/h1-4,13H,5-6H2,(H2,11,14)(H2,12,15). The van der Waals surface area contributed by atoms with E-state index in [1.165, 1.54) is 0 Å². The van der Waals surface area contributed by atoms with Gasteiger partial charge in [0.05, 0.1) is 12.2 Å². The fraction of sp³-hybridized carbons (Fsp3) is 0.200. The van der Waals surface area contributed by atoms with Gasteiger partial charge in [0.1, 0.15) is 5.75 Å². The van der Waals surface area contributed by atoms with Gasteiger partial charge in [-0.05, 0) is 12.1 Å². The smallest absolute Gasteiger partial charge is 0.255 e. The summed E-state index contributed by atoms with van der Waals surface area (Å²) in [5.41, 5.74) is 10.5. The number of ether oxygens (including phenoxy) is 1. The summed E-state index contributed by atoms with van der Waals surface area (Å²) >= 11 is 0. The van der Waals surface area contributed by atoms with E-state index in [1.54, 1.807) is 24.3 Å². The van der Waals surface area contributed by atoms with E-state index in [0.717, 1.165) is 0 Å². The Bertz CT molecular complexity index is 356. The van der Waals surface area contributed by atoms with Gasteiger partial charge in [-0.15, -0.1) is 0 Å². The fourth-order valence-electron chi connectivity index (χ4n) is 1.07. The molecule has 0 aliphatic rings. The van der Waals surface area contributed by atoms with Gasteiger partial charge in [-0.1, -0.05) is 12.1 Å². The summed E-state index contributed by atoms with van der Waals surface area (Å²) in [7, 11) is 0. The van der Waals surface area contributed by atoms with Crippen LogP contribution in [0, 0.1) is 0 Å². The van der Waals surface area contributed by atoms with Crippen LogP contribution in [0.15, 0.2) is 24.3 Å². The highest BCUT2D eigenvalue weighted by Gasteiger charge is 2.04. The number of amides is 2. The lowest BCUT2D eigenvalue weighted by atomic mass is 10.3. The van der Waals surface area contributed by atoms with Crippen molar-refractivity contribution in [2.75, 3.05) is 18.5 Å². The summed E-state index contributed by atoms with van der Waals surface area (Å²) in [4.78, 5) is 21.1. The van der Waals surface area contributed by atoms with Crippen LogP contribution in [0.25, 0.3) is 0 Å². The van der Waals surface area contributed by atoms with Crippen LogP contribution in [0.3, 0.4) is 0 Å². The third-order valence-electron chi connectivity index (χ3n) is 1.71. The number of carbonyl (C=O) groups is 2. The topological polar surface area (TPSA) is 107 Å². The number of nitrogens with two attached hydrogens (primary N) is 2. The summed E-state index contributed by atoms with van der Waals surface area (Å²) in [6.45, 7) is -0.216. The van der Waals surface area contributed by atoms with E-state index in [9.17, 15) is 9.59 Å². The molecule has 0 aromatic heterocycles. The van der Waals surface area contributed by atoms with E-state index in [-0.39, 0.29) is 13.2 Å². The van der Waals surface area contributed by atoms with Gasteiger partial charge in [-0.2, -0.15) is 0 Å². The number of benzene rings is 1. The zero-order chi connectivity index (χ0) is 12.0. The average Bonchev–Trinajstić information content (AvgIpc) is 2.24. The molecule has 0 fully saturated rings. The van der Waals surface area contributed by atoms with Crippen molar-refractivity contribution in [2.24, 2.45) is 11.5 Å². The number of carbonyl (C=O) groups excluding carboxylic acids is 2. The molecule has 86 valence electrons. The molecule has 0 spiro atoms. The summed E-state index contributed by atoms with van der Waals surface area (Å²) in [6, 6.07) is 6.87. The van der Waals surface area contributed by atoms with Crippen LogP contribution in [0.2, 0.25) is 0 Å². The Hall–Kier alpha value is -2.24. The van der Waals surface area contributed by atoms with Crippen molar-refractivity contribution in [3.63, 3.8) is 0 Å². The Kier molecular flexibility index (Phi) is 4.14. The first-order valence-corrected chi connectivity index (χ1v) is 4.62. The first-order valence-electron chi connectivity index (χ1n) is 4.62. The third kappa shape index (κ3) is 3.87. The first-order chi connectivity index (χ1) is 7.59. The molecule has 0 aliphatic carbocycles. The van der Waals surface area contributed by atoms with Crippen molar-refractivity contribution in [3.05, 3.63) is 24.3 Å². The number of anilines is 1. The molecule has 5 N–H and O–H groups in total. The van der Waals surface area contributed by atoms with Crippen LogP contribution in [0.5, 0.6) is 5.75 Å². The number of nitrogens with one attached hydrogen (secondary N) is 1. The van der Waals surface area contributed by atoms with Gasteiger partial charge in [0.25, 0.3) is 5.91 Å². The molecular weight excluding hydrogens is 210 g/mol. The highest BCUT2D eigenvalue weighted by molar-refractivity contribution is 5.79. The van der Waals surface area contributed by atoms with E-state index in [1.807, 2.05) is 0 Å². The molecule has 0 unspecified atom stereocenters. The lowest BCUT2D eigenvalue weighted by molar-refractivity contribution is -0.120. The predicted molar refractivity (Wildman–Crippen MR) is 58.8 cm³/mol. The van der Waals surface area contributed by atoms with Gasteiger partial charge in [0, 0.05) is 0 Å². The largest absolute Gasteiger partial charge is 0.482 e. The quantitative estimate of drug-likeness (QED) is 0.601. The van der Waals surface area contributed by atoms with Gasteiger partial charge in [-0.25, -0.2) is 0 Å². The lowest BCUT2D eigenvalue weighted by Gasteiger charge is -2.10. The molecule has 6 nitrogen and oxygen atoms in total. The van der Waals surface area contributed by atoms with E-state index < -0.39 is 11.8 Å². The van der Waals surface area contributed by atoms with E-state index >= 15 is 0 Å². The van der Waals surface area contributed by atoms with Crippen LogP contribution in [-0.4, -0.2) is 25.0 Å². The van der Waals surface area contributed by atoms with Gasteiger partial charge < -0.3 is 21.5 Å². The van der Waals surface area contributed by atoms with Crippen LogP contribution >= 0.6 is 0 Å². The maximum atomic E-state index is 10.6. The molecule has 0 heterocycles. The number of rotatable bonds is 6. The van der Waals surface area contributed by atoms with Crippen molar-refractivity contribution in [2.45, 2.75) is 0 Å². The Morgan fingerprint density at radius 3 is 2.50 bits per heavy atom. The van der Waals surface area contributed by atoms with E-state index in [2.05, 4.69) is 5.32 Å². The normalized spacial score (nSPS) is 9.50. The van der Waals surface area contributed by atoms with Crippen LogP contribution < -0.4 is 21.5 Å². The maximum Gasteiger partial charge on any atom is 0.255 e. The molecule has 0 saturated heterocycles. The van der Waals surface area contributed by atoms with Crippen molar-refractivity contribution in [1.29, 1.82) is 0 Å². The fourth-order valence-corrected chi connectivity index (χ4v) is 1.07. The van der Waals surface area contributed by atoms with Crippen molar-refractivity contribution in [1.82, 2.24) is 0 Å². The number of hydrogen-bond donors (Lipinski definition) is 3. The molecule has 0 radical (unpaired) electrons. The van der Waals surface area contributed by atoms with Crippen molar-refractivity contribution < 1.29 is 14.3 Å². The van der Waals surface area contributed by atoms with Gasteiger partial charge >= 0.3 is 0 Å². The highest BCUT2D eigenvalue weighted by Crippen LogP contribution is 2.23. The molecule has 0 bridgehead atoms. The van der Waals surface area contributed by atoms with Gasteiger partial charge in [-0.3, -0.25) is 9.59 Å². The zero-order valence-corrected chi connectivity index (χ0v) is 8.60. The Morgan fingerprint density at radius 1 is 1.19 bits per heavy atom. The molecule has 16 heavy (non-hydrogen) atoms. The predicted octanol–water partition coefficient (Wildman–Crippen LogP) is -0.552. The minimum atomic E-state index is -0.565. The van der Waals surface area contributed by atoms with Crippen LogP contribution in [-0.2, 0) is 9.59 Å². The molecule has 0 atom stereocenters. The van der Waals surface area contributed by atoms with Gasteiger partial charge in [0.15, 0.2) is 6.61 Å². The van der Waals surface area contributed by atoms with E-state index in [0.29, 0.717) is 11.4 Å². The Labute approximate surface area is 92.6 Å². The molecule has 0 saturated carbocycles. The van der Waals surface area contributed by atoms with Gasteiger partial charge in [0.2, 0.25) is 5.91 Å². The van der Waals surface area contributed by atoms with Crippen LogP contribution in [0.4, 0.5) is 5.69 Å². The summed E-state index contributed by atoms with van der Waals surface area (Å²) in [6.07, 6.45) is 0. The second-order valence-electron chi connectivity index (χ2n) is 3.07. The number of primary amides is 2. The molecule has 0 aliphatic heterocycles. The Morgan fingerprint density at radius 2 is 1.88 bits per heavy atom. The number of hydrogen-bond acceptors (Lipinski definition) is 4. The zero-order valence-electron chi connectivity index (χ0n) is 8.60. The minimum Gasteiger partial charge on any atom is -0.482 e. The number of para-hydroxylation sites is 2. The first kappa shape index (κ1) is 11.8. The summed E-state index contributed by atoms with van der Waals surface area (Å²) < 4.78 is 5.14. The minimum absolute atomic E-state index is 0.00303. The second kappa shape index (κ2) is 5.59. The molecular formula is C10H13N3O3. The molecule has 2 amide bonds. The second-order valence-corrected chi connectivity index (χ2v) is 3.07. The molecule has 1 rings (SSSR count). The Balaban J connectivity index is 2.67. The SMILES string of the molecule is NC(=O)CNc1ccccc1OCC(N)=O. The summed E-state index contributed by atoms with van der Waals surface area (Å²) in [5, 5.41) is 2.78. The lowest BCUT2D eigenvalue weighted by Crippen LogP contribution is -2.23. The van der Waals surface area contributed by atoms with E-state index in [4.69, 9.17) is 16.2 Å². The van der Waals surface area contributed by atoms with Crippen molar-refractivity contribution in [3.8, 4) is 5.75 Å². The molecule has 6 heteroatoms. The monoisotopic (exact) mass is 223 g/mol. The van der Waals surface area contributed by atoms with Crippen LogP contribution in [0.1, 0.15) is 0 Å². The summed E-state index contributed by atoms with van der Waals surface area (Å²) in [5.74, 6) is -0.600.